The van der Waals surface area contributed by atoms with Crippen molar-refractivity contribution in [1.29, 1.82) is 0 Å². The molecule has 0 saturated heterocycles. The van der Waals surface area contributed by atoms with Crippen molar-refractivity contribution in [2.24, 2.45) is 0 Å². The number of rotatable bonds is 28. The van der Waals surface area contributed by atoms with E-state index in [2.05, 4.69) is 0 Å². The molecule has 0 atom stereocenters. The van der Waals surface area contributed by atoms with Gasteiger partial charge in [-0.25, -0.2) is 9.59 Å². The van der Waals surface area contributed by atoms with E-state index in [-0.39, 0.29) is 32.0 Å². The van der Waals surface area contributed by atoms with E-state index in [1.807, 2.05) is 0 Å². The average Bonchev–Trinajstić information content (AvgIpc) is 2.94. The third-order valence-corrected chi connectivity index (χ3v) is 4.51. The minimum Gasteiger partial charge on any atom is -0.480 e. The molecule has 1 aromatic carbocycles. The number of ether oxygens (including phenoxy) is 9. The lowest BCUT2D eigenvalue weighted by Crippen LogP contribution is -2.20. The normalized spacial score (nSPS) is 11.0. The molecule has 0 aliphatic carbocycles. The number of hydrogen-bond acceptors (Lipinski definition) is 12. The number of esters is 1. The van der Waals surface area contributed by atoms with Gasteiger partial charge < -0.3 is 47.7 Å². The first-order valence-corrected chi connectivity index (χ1v) is 12.7. The Labute approximate surface area is 228 Å². The monoisotopic (exact) mass is 560 g/mol. The van der Waals surface area contributed by atoms with Crippen molar-refractivity contribution < 1.29 is 62.1 Å². The van der Waals surface area contributed by atoms with Gasteiger partial charge in [-0.3, -0.25) is 4.79 Å². The van der Waals surface area contributed by atoms with E-state index in [4.69, 9.17) is 47.7 Å². The van der Waals surface area contributed by atoms with Gasteiger partial charge in [-0.15, -0.1) is 0 Å². The molecule has 0 fully saturated rings. The number of benzene rings is 1. The van der Waals surface area contributed by atoms with E-state index >= 15 is 0 Å². The standard InChI is InChI=1S/C26H40O13/c27-24(28)22-38-19-18-36-15-14-34-11-10-32-7-6-31-8-9-33-12-13-35-16-17-37-20-21-39-26(30)25(29)23-4-2-1-3-5-23/h1-5H,6-22H2,(H,27,28). The van der Waals surface area contributed by atoms with Gasteiger partial charge in [0.25, 0.3) is 5.78 Å². The van der Waals surface area contributed by atoms with Gasteiger partial charge in [-0.05, 0) is 0 Å². The lowest BCUT2D eigenvalue weighted by Gasteiger charge is -2.08. The zero-order chi connectivity index (χ0) is 28.2. The van der Waals surface area contributed by atoms with Crippen molar-refractivity contribution in [3.8, 4) is 0 Å². The number of carboxylic acids is 1. The van der Waals surface area contributed by atoms with E-state index in [1.165, 1.54) is 0 Å². The highest BCUT2D eigenvalue weighted by Crippen LogP contribution is 2.01. The number of ketones is 1. The van der Waals surface area contributed by atoms with Crippen molar-refractivity contribution >= 4 is 17.7 Å². The molecule has 0 saturated carbocycles. The summed E-state index contributed by atoms with van der Waals surface area (Å²) in [4.78, 5) is 33.8. The second-order valence-electron chi connectivity index (χ2n) is 7.56. The maximum absolute atomic E-state index is 11.8. The molecule has 0 bridgehead atoms. The van der Waals surface area contributed by atoms with Crippen LogP contribution in [0.4, 0.5) is 0 Å². The van der Waals surface area contributed by atoms with Gasteiger partial charge >= 0.3 is 11.9 Å². The summed E-state index contributed by atoms with van der Waals surface area (Å²) in [6.45, 7) is 5.42. The minimum absolute atomic E-state index is 0.00874. The second kappa shape index (κ2) is 25.8. The van der Waals surface area contributed by atoms with Crippen LogP contribution in [0.5, 0.6) is 0 Å². The fourth-order valence-electron chi connectivity index (χ4n) is 2.67. The van der Waals surface area contributed by atoms with Gasteiger partial charge in [0.1, 0.15) is 13.2 Å². The molecule has 0 aliphatic heterocycles. The van der Waals surface area contributed by atoms with Crippen LogP contribution < -0.4 is 0 Å². The van der Waals surface area contributed by atoms with Crippen molar-refractivity contribution in [3.63, 3.8) is 0 Å². The zero-order valence-corrected chi connectivity index (χ0v) is 22.3. The average molecular weight is 561 g/mol. The van der Waals surface area contributed by atoms with Crippen LogP contribution in [-0.4, -0.2) is 135 Å². The fourth-order valence-corrected chi connectivity index (χ4v) is 2.67. The molecule has 222 valence electrons. The maximum Gasteiger partial charge on any atom is 0.379 e. The lowest BCUT2D eigenvalue weighted by molar-refractivity contribution is -0.143. The number of Topliss-reactive ketones (excluding diaryl/α,β-unsaturated/α-hetero) is 1. The van der Waals surface area contributed by atoms with Crippen LogP contribution in [0.1, 0.15) is 10.4 Å². The Morgan fingerprint density at radius 1 is 0.487 bits per heavy atom. The van der Waals surface area contributed by atoms with Crippen molar-refractivity contribution in [3.05, 3.63) is 35.9 Å². The maximum atomic E-state index is 11.8. The summed E-state index contributed by atoms with van der Waals surface area (Å²) in [5.74, 6) is -2.59. The SMILES string of the molecule is O=C(O)COCCOCCOCCOCCOCCOCCOCCOCCOC(=O)C(=O)c1ccccc1. The number of carbonyl (C=O) groups is 3. The largest absolute Gasteiger partial charge is 0.480 e. The van der Waals surface area contributed by atoms with E-state index in [0.717, 1.165) is 0 Å². The molecule has 1 aromatic rings. The molecular weight excluding hydrogens is 520 g/mol. The van der Waals surface area contributed by atoms with Crippen LogP contribution in [0.3, 0.4) is 0 Å². The topological polar surface area (TPSA) is 155 Å². The summed E-state index contributed by atoms with van der Waals surface area (Å²) < 4.78 is 47.1. The van der Waals surface area contributed by atoms with Crippen LogP contribution in [0, 0.1) is 0 Å². The van der Waals surface area contributed by atoms with Crippen LogP contribution in [-0.2, 0) is 52.2 Å². The van der Waals surface area contributed by atoms with Gasteiger partial charge in [0.05, 0.1) is 99.1 Å². The highest BCUT2D eigenvalue weighted by atomic mass is 16.6. The summed E-state index contributed by atoms with van der Waals surface area (Å²) in [6, 6.07) is 8.22. The Kier molecular flexibility index (Phi) is 22.8. The van der Waals surface area contributed by atoms with Gasteiger partial charge in [-0.1, -0.05) is 30.3 Å². The molecule has 0 unspecified atom stereocenters. The van der Waals surface area contributed by atoms with Gasteiger partial charge in [0.2, 0.25) is 0 Å². The molecule has 1 rings (SSSR count). The lowest BCUT2D eigenvalue weighted by atomic mass is 10.1. The molecule has 0 aromatic heterocycles. The van der Waals surface area contributed by atoms with Crippen molar-refractivity contribution in [2.75, 3.05) is 112 Å². The summed E-state index contributed by atoms with van der Waals surface area (Å²) in [5, 5.41) is 8.40. The van der Waals surface area contributed by atoms with Crippen molar-refractivity contribution in [1.82, 2.24) is 0 Å². The smallest absolute Gasteiger partial charge is 0.379 e. The Balaban J connectivity index is 1.71. The van der Waals surface area contributed by atoms with Crippen LogP contribution >= 0.6 is 0 Å². The number of carbonyl (C=O) groups excluding carboxylic acids is 2. The molecule has 0 radical (unpaired) electrons. The summed E-state index contributed by atoms with van der Waals surface area (Å²) >= 11 is 0. The van der Waals surface area contributed by atoms with Gasteiger partial charge in [-0.2, -0.15) is 0 Å². The molecular formula is C26H40O13. The number of hydrogen-bond donors (Lipinski definition) is 1. The molecule has 0 amide bonds. The van der Waals surface area contributed by atoms with Crippen molar-refractivity contribution in [2.45, 2.75) is 0 Å². The van der Waals surface area contributed by atoms with E-state index in [9.17, 15) is 14.4 Å². The quantitative estimate of drug-likeness (QED) is 0.0660. The summed E-state index contributed by atoms with van der Waals surface area (Å²) in [5.41, 5.74) is 0.290. The van der Waals surface area contributed by atoms with Crippen LogP contribution in [0.15, 0.2) is 30.3 Å². The predicted octanol–water partition coefficient (Wildman–Crippen LogP) is 0.630. The van der Waals surface area contributed by atoms with Crippen LogP contribution in [0.2, 0.25) is 0 Å². The molecule has 0 heterocycles. The fraction of sp³-hybridized carbons (Fsp3) is 0.654. The van der Waals surface area contributed by atoms with Crippen LogP contribution in [0.25, 0.3) is 0 Å². The Morgan fingerprint density at radius 3 is 1.18 bits per heavy atom. The highest BCUT2D eigenvalue weighted by molar-refractivity contribution is 6.40. The minimum atomic E-state index is -1.00. The first-order valence-electron chi connectivity index (χ1n) is 12.7. The van der Waals surface area contributed by atoms with E-state index < -0.39 is 17.7 Å². The summed E-state index contributed by atoms with van der Waals surface area (Å²) in [7, 11) is 0. The van der Waals surface area contributed by atoms with E-state index in [0.29, 0.717) is 85.9 Å². The highest BCUT2D eigenvalue weighted by Gasteiger charge is 2.17. The molecule has 0 aliphatic rings. The predicted molar refractivity (Wildman–Crippen MR) is 136 cm³/mol. The Hall–Kier alpha value is -2.49. The third-order valence-electron chi connectivity index (χ3n) is 4.51. The molecule has 39 heavy (non-hydrogen) atoms. The molecule has 13 nitrogen and oxygen atoms in total. The Bertz CT molecular complexity index is 745. The zero-order valence-electron chi connectivity index (χ0n) is 22.3. The van der Waals surface area contributed by atoms with Gasteiger partial charge in [0.15, 0.2) is 0 Å². The third kappa shape index (κ3) is 22.1. The second-order valence-corrected chi connectivity index (χ2v) is 7.56. The molecule has 13 heteroatoms. The number of aliphatic carboxylic acids is 1. The molecule has 1 N–H and O–H groups in total. The molecule has 0 spiro atoms. The Morgan fingerprint density at radius 2 is 0.821 bits per heavy atom. The first-order chi connectivity index (χ1) is 19.1. The number of carboxylic acid groups (broad SMARTS) is 1. The van der Waals surface area contributed by atoms with E-state index in [1.54, 1.807) is 30.3 Å². The first kappa shape index (κ1) is 34.5. The van der Waals surface area contributed by atoms with Gasteiger partial charge in [0, 0.05) is 5.56 Å². The summed E-state index contributed by atoms with van der Waals surface area (Å²) in [6.07, 6.45) is 0.